The molecule has 1 aliphatic rings. The molecular weight excluding hydrogens is 226 g/mol. The minimum atomic E-state index is -0.246. The Morgan fingerprint density at radius 1 is 1.44 bits per heavy atom. The summed E-state index contributed by atoms with van der Waals surface area (Å²) in [5.74, 6) is 1.22. The van der Waals surface area contributed by atoms with E-state index in [1.54, 1.807) is 6.20 Å². The molecule has 1 aromatic heterocycles. The zero-order valence-corrected chi connectivity index (χ0v) is 11.6. The highest BCUT2D eigenvalue weighted by molar-refractivity contribution is 5.90. The average Bonchev–Trinajstić information content (AvgIpc) is 2.97. The van der Waals surface area contributed by atoms with Gasteiger partial charge >= 0.3 is 0 Å². The SMILES string of the molecule is CCn1ccnc1CC(=O)C1(N(C)C)CCCC1. The summed E-state index contributed by atoms with van der Waals surface area (Å²) in [5, 5.41) is 0. The first-order valence-electron chi connectivity index (χ1n) is 6.81. The van der Waals surface area contributed by atoms with Gasteiger partial charge < -0.3 is 4.57 Å². The molecule has 1 aliphatic carbocycles. The number of carbonyl (C=O) groups is 1. The predicted molar refractivity (Wildman–Crippen MR) is 71.5 cm³/mol. The molecule has 0 atom stereocenters. The summed E-state index contributed by atoms with van der Waals surface area (Å²) in [6.07, 6.45) is 8.48. The quantitative estimate of drug-likeness (QED) is 0.800. The van der Waals surface area contributed by atoms with Crippen molar-refractivity contribution in [3.8, 4) is 0 Å². The zero-order valence-electron chi connectivity index (χ0n) is 11.6. The van der Waals surface area contributed by atoms with E-state index in [1.165, 1.54) is 0 Å². The average molecular weight is 249 g/mol. The first kappa shape index (κ1) is 13.3. The van der Waals surface area contributed by atoms with Crippen LogP contribution in [0.4, 0.5) is 0 Å². The molecule has 4 nitrogen and oxygen atoms in total. The lowest BCUT2D eigenvalue weighted by Gasteiger charge is -2.34. The minimum Gasteiger partial charge on any atom is -0.335 e. The number of rotatable bonds is 5. The third-order valence-corrected chi connectivity index (χ3v) is 4.27. The van der Waals surface area contributed by atoms with Gasteiger partial charge in [-0.3, -0.25) is 9.69 Å². The fraction of sp³-hybridized carbons (Fsp3) is 0.714. The number of aryl methyl sites for hydroxylation is 1. The maximum absolute atomic E-state index is 12.6. The Hall–Kier alpha value is -1.16. The highest BCUT2D eigenvalue weighted by Crippen LogP contribution is 2.35. The van der Waals surface area contributed by atoms with Gasteiger partial charge in [0.25, 0.3) is 0 Å². The number of likely N-dealkylation sites (N-methyl/N-ethyl adjacent to an activating group) is 1. The van der Waals surface area contributed by atoms with Crippen LogP contribution in [-0.2, 0) is 17.8 Å². The van der Waals surface area contributed by atoms with Gasteiger partial charge in [-0.15, -0.1) is 0 Å². The third kappa shape index (κ3) is 2.21. The monoisotopic (exact) mass is 249 g/mol. The lowest BCUT2D eigenvalue weighted by atomic mass is 9.88. The van der Waals surface area contributed by atoms with Crippen molar-refractivity contribution in [3.05, 3.63) is 18.2 Å². The van der Waals surface area contributed by atoms with Crippen molar-refractivity contribution in [3.63, 3.8) is 0 Å². The molecule has 0 bridgehead atoms. The minimum absolute atomic E-state index is 0.246. The fourth-order valence-corrected chi connectivity index (χ4v) is 3.04. The van der Waals surface area contributed by atoms with Crippen molar-refractivity contribution in [2.45, 2.75) is 51.1 Å². The lowest BCUT2D eigenvalue weighted by molar-refractivity contribution is -0.129. The molecule has 1 heterocycles. The van der Waals surface area contributed by atoms with Gasteiger partial charge in [0.2, 0.25) is 0 Å². The predicted octanol–water partition coefficient (Wildman–Crippen LogP) is 1.89. The van der Waals surface area contributed by atoms with Crippen LogP contribution in [0.25, 0.3) is 0 Å². The molecule has 18 heavy (non-hydrogen) atoms. The van der Waals surface area contributed by atoms with Gasteiger partial charge in [0.1, 0.15) is 5.82 Å². The maximum Gasteiger partial charge on any atom is 0.160 e. The summed E-state index contributed by atoms with van der Waals surface area (Å²) in [4.78, 5) is 19.1. The van der Waals surface area contributed by atoms with Crippen molar-refractivity contribution in [2.24, 2.45) is 0 Å². The van der Waals surface area contributed by atoms with E-state index in [1.807, 2.05) is 20.3 Å². The topological polar surface area (TPSA) is 38.1 Å². The summed E-state index contributed by atoms with van der Waals surface area (Å²) in [5.41, 5.74) is -0.246. The molecule has 0 aliphatic heterocycles. The van der Waals surface area contributed by atoms with Crippen LogP contribution in [0.1, 0.15) is 38.4 Å². The van der Waals surface area contributed by atoms with Crippen LogP contribution < -0.4 is 0 Å². The molecule has 0 saturated heterocycles. The molecule has 0 unspecified atom stereocenters. The van der Waals surface area contributed by atoms with Gasteiger partial charge in [-0.2, -0.15) is 0 Å². The van der Waals surface area contributed by atoms with E-state index in [-0.39, 0.29) is 5.54 Å². The normalized spacial score (nSPS) is 18.4. The second kappa shape index (κ2) is 5.22. The summed E-state index contributed by atoms with van der Waals surface area (Å²) < 4.78 is 2.05. The Labute approximate surface area is 109 Å². The smallest absolute Gasteiger partial charge is 0.160 e. The van der Waals surface area contributed by atoms with Crippen LogP contribution in [0.15, 0.2) is 12.4 Å². The van der Waals surface area contributed by atoms with Gasteiger partial charge in [0.15, 0.2) is 5.78 Å². The Kier molecular flexibility index (Phi) is 3.85. The molecule has 0 radical (unpaired) electrons. The van der Waals surface area contributed by atoms with Crippen LogP contribution in [0.3, 0.4) is 0 Å². The van der Waals surface area contributed by atoms with Crippen molar-refractivity contribution in [1.29, 1.82) is 0 Å². The summed E-state index contributed by atoms with van der Waals surface area (Å²) in [6, 6.07) is 0. The largest absolute Gasteiger partial charge is 0.335 e. The lowest BCUT2D eigenvalue weighted by Crippen LogP contribution is -2.49. The molecule has 4 heteroatoms. The van der Waals surface area contributed by atoms with Crippen molar-refractivity contribution >= 4 is 5.78 Å². The van der Waals surface area contributed by atoms with E-state index in [4.69, 9.17) is 0 Å². The van der Waals surface area contributed by atoms with E-state index >= 15 is 0 Å². The first-order chi connectivity index (χ1) is 8.60. The number of carbonyl (C=O) groups excluding carboxylic acids is 1. The number of hydrogen-bond acceptors (Lipinski definition) is 3. The molecule has 1 saturated carbocycles. The Bertz CT molecular complexity index is 416. The summed E-state index contributed by atoms with van der Waals surface area (Å²) >= 11 is 0. The van der Waals surface area contributed by atoms with Crippen molar-refractivity contribution in [1.82, 2.24) is 14.5 Å². The zero-order chi connectivity index (χ0) is 13.2. The first-order valence-corrected chi connectivity index (χ1v) is 6.81. The maximum atomic E-state index is 12.6. The van der Waals surface area contributed by atoms with E-state index < -0.39 is 0 Å². The number of hydrogen-bond donors (Lipinski definition) is 0. The standard InChI is InChI=1S/C14H23N3O/c1-4-17-10-9-15-13(17)11-12(18)14(16(2)3)7-5-6-8-14/h9-10H,4-8,11H2,1-3H3. The highest BCUT2D eigenvalue weighted by Gasteiger charge is 2.42. The van der Waals surface area contributed by atoms with Gasteiger partial charge in [0.05, 0.1) is 12.0 Å². The second-order valence-electron chi connectivity index (χ2n) is 5.36. The number of aromatic nitrogens is 2. The van der Waals surface area contributed by atoms with E-state index in [0.717, 1.165) is 38.1 Å². The molecule has 0 aromatic carbocycles. The van der Waals surface area contributed by atoms with Crippen LogP contribution >= 0.6 is 0 Å². The molecule has 0 spiro atoms. The Morgan fingerprint density at radius 3 is 2.67 bits per heavy atom. The molecule has 2 rings (SSSR count). The Balaban J connectivity index is 2.16. The van der Waals surface area contributed by atoms with E-state index in [0.29, 0.717) is 12.2 Å². The molecular formula is C14H23N3O. The molecule has 0 amide bonds. The molecule has 1 aromatic rings. The number of ketones is 1. The summed E-state index contributed by atoms with van der Waals surface area (Å²) in [7, 11) is 4.05. The molecule has 0 N–H and O–H groups in total. The van der Waals surface area contributed by atoms with E-state index in [2.05, 4.69) is 21.4 Å². The van der Waals surface area contributed by atoms with Gasteiger partial charge in [-0.25, -0.2) is 4.98 Å². The fourth-order valence-electron chi connectivity index (χ4n) is 3.04. The van der Waals surface area contributed by atoms with Crippen LogP contribution in [-0.4, -0.2) is 39.9 Å². The number of imidazole rings is 1. The van der Waals surface area contributed by atoms with Gasteiger partial charge in [0, 0.05) is 18.9 Å². The van der Waals surface area contributed by atoms with Crippen molar-refractivity contribution in [2.75, 3.05) is 14.1 Å². The number of Topliss-reactive ketones (excluding diaryl/α,β-unsaturated/α-hetero) is 1. The van der Waals surface area contributed by atoms with Gasteiger partial charge in [-0.1, -0.05) is 12.8 Å². The van der Waals surface area contributed by atoms with Gasteiger partial charge in [-0.05, 0) is 33.9 Å². The number of nitrogens with zero attached hydrogens (tertiary/aromatic N) is 3. The van der Waals surface area contributed by atoms with Crippen LogP contribution in [0.5, 0.6) is 0 Å². The van der Waals surface area contributed by atoms with Crippen molar-refractivity contribution < 1.29 is 4.79 Å². The third-order valence-electron chi connectivity index (χ3n) is 4.27. The summed E-state index contributed by atoms with van der Waals surface area (Å²) in [6.45, 7) is 2.95. The second-order valence-corrected chi connectivity index (χ2v) is 5.36. The highest BCUT2D eigenvalue weighted by atomic mass is 16.1. The van der Waals surface area contributed by atoms with E-state index in [9.17, 15) is 4.79 Å². The van der Waals surface area contributed by atoms with Crippen LogP contribution in [0, 0.1) is 0 Å². The van der Waals surface area contributed by atoms with Crippen LogP contribution in [0.2, 0.25) is 0 Å². The molecule has 1 fully saturated rings. The Morgan fingerprint density at radius 2 is 2.11 bits per heavy atom. The molecule has 100 valence electrons.